The molecule has 0 aromatic heterocycles. The molecule has 0 amide bonds. The van der Waals surface area contributed by atoms with Crippen molar-refractivity contribution in [2.24, 2.45) is 10.7 Å². The molecule has 56 valence electrons. The zero-order valence-corrected chi connectivity index (χ0v) is 7.25. The number of hydrogen-bond donors (Lipinski definition) is 1. The largest absolute Gasteiger partial charge is 0.378 e. The fourth-order valence-electron chi connectivity index (χ4n) is 1.29. The number of nitrogens with two attached hydrogens (primary N) is 1. The van der Waals surface area contributed by atoms with Crippen LogP contribution in [0.2, 0.25) is 0 Å². The highest BCUT2D eigenvalue weighted by Gasteiger charge is 2.31. The van der Waals surface area contributed by atoms with E-state index in [2.05, 4.69) is 4.99 Å². The van der Waals surface area contributed by atoms with Crippen LogP contribution in [-0.2, 0) is 0 Å². The molecule has 2 nitrogen and oxygen atoms in total. The molecule has 0 radical (unpaired) electrons. The van der Waals surface area contributed by atoms with Crippen LogP contribution in [0.15, 0.2) is 4.99 Å². The third-order valence-electron chi connectivity index (χ3n) is 1.77. The maximum Gasteiger partial charge on any atom is 0.155 e. The Labute approximate surface area is 69.0 Å². The molecule has 2 rings (SSSR count). The molecular formula is C6H10N2S2. The highest BCUT2D eigenvalue weighted by Crippen LogP contribution is 2.39. The lowest BCUT2D eigenvalue weighted by atomic mass is 10.2. The molecule has 0 spiro atoms. The molecule has 2 heterocycles. The molecule has 1 saturated heterocycles. The molecule has 2 aliphatic rings. The second-order valence-electron chi connectivity index (χ2n) is 2.53. The summed E-state index contributed by atoms with van der Waals surface area (Å²) >= 11 is 3.75. The van der Waals surface area contributed by atoms with Crippen LogP contribution in [0.5, 0.6) is 0 Å². The van der Waals surface area contributed by atoms with Crippen molar-refractivity contribution in [3.63, 3.8) is 0 Å². The van der Waals surface area contributed by atoms with E-state index >= 15 is 0 Å². The molecule has 4 heteroatoms. The Hall–Kier alpha value is 0.170. The van der Waals surface area contributed by atoms with Crippen LogP contribution in [0.3, 0.4) is 0 Å². The summed E-state index contributed by atoms with van der Waals surface area (Å²) < 4.78 is 0.647. The Bertz CT molecular complexity index is 169. The van der Waals surface area contributed by atoms with Crippen molar-refractivity contribution < 1.29 is 0 Å². The van der Waals surface area contributed by atoms with E-state index in [-0.39, 0.29) is 0 Å². The highest BCUT2D eigenvalue weighted by molar-refractivity contribution is 8.25. The minimum atomic E-state index is 0.531. The summed E-state index contributed by atoms with van der Waals surface area (Å²) in [6, 6.07) is 0.531. The summed E-state index contributed by atoms with van der Waals surface area (Å²) in [7, 11) is 0. The summed E-state index contributed by atoms with van der Waals surface area (Å²) in [4.78, 5) is 4.35. The van der Waals surface area contributed by atoms with E-state index < -0.39 is 0 Å². The molecule has 2 atom stereocenters. The number of nitrogens with zero attached hydrogens (tertiary/aromatic N) is 1. The zero-order chi connectivity index (χ0) is 6.97. The first-order valence-corrected chi connectivity index (χ1v) is 5.40. The van der Waals surface area contributed by atoms with Crippen LogP contribution in [0.4, 0.5) is 0 Å². The van der Waals surface area contributed by atoms with Crippen LogP contribution in [-0.4, -0.2) is 21.5 Å². The van der Waals surface area contributed by atoms with Crippen LogP contribution in [0.25, 0.3) is 0 Å². The van der Waals surface area contributed by atoms with E-state index in [1.54, 1.807) is 11.8 Å². The molecule has 0 aliphatic carbocycles. The molecule has 2 unspecified atom stereocenters. The van der Waals surface area contributed by atoms with Crippen molar-refractivity contribution >= 4 is 28.7 Å². The molecule has 1 fully saturated rings. The summed E-state index contributed by atoms with van der Waals surface area (Å²) in [5, 5.41) is 0.796. The number of rotatable bonds is 0. The average Bonchev–Trinajstić information content (AvgIpc) is 2.27. The third-order valence-corrected chi connectivity index (χ3v) is 4.53. The van der Waals surface area contributed by atoms with Crippen molar-refractivity contribution in [2.75, 3.05) is 5.75 Å². The van der Waals surface area contributed by atoms with E-state index in [1.807, 2.05) is 11.8 Å². The van der Waals surface area contributed by atoms with E-state index in [4.69, 9.17) is 5.73 Å². The molecule has 0 bridgehead atoms. The Morgan fingerprint density at radius 1 is 1.60 bits per heavy atom. The minimum absolute atomic E-state index is 0.531. The minimum Gasteiger partial charge on any atom is -0.378 e. The van der Waals surface area contributed by atoms with Crippen LogP contribution in [0, 0.1) is 0 Å². The van der Waals surface area contributed by atoms with Gasteiger partial charge in [0.1, 0.15) is 0 Å². The fourth-order valence-corrected chi connectivity index (χ4v) is 3.92. The van der Waals surface area contributed by atoms with E-state index in [0.717, 1.165) is 5.17 Å². The summed E-state index contributed by atoms with van der Waals surface area (Å²) in [5.41, 5.74) is 5.59. The van der Waals surface area contributed by atoms with Crippen molar-refractivity contribution in [1.29, 1.82) is 0 Å². The van der Waals surface area contributed by atoms with E-state index in [0.29, 0.717) is 10.6 Å². The van der Waals surface area contributed by atoms with E-state index in [9.17, 15) is 0 Å². The molecule has 10 heavy (non-hydrogen) atoms. The van der Waals surface area contributed by atoms with Crippen molar-refractivity contribution in [3.8, 4) is 0 Å². The lowest BCUT2D eigenvalue weighted by Crippen LogP contribution is -2.19. The fraction of sp³-hybridized carbons (Fsp3) is 0.833. The Morgan fingerprint density at radius 2 is 2.50 bits per heavy atom. The number of aliphatic imine (C=N–C) groups is 1. The van der Waals surface area contributed by atoms with Gasteiger partial charge in [-0.1, -0.05) is 11.8 Å². The quantitative estimate of drug-likeness (QED) is 0.601. The molecule has 2 N–H and O–H groups in total. The van der Waals surface area contributed by atoms with Gasteiger partial charge in [-0.2, -0.15) is 0 Å². The first-order chi connectivity index (χ1) is 4.86. The Kier molecular flexibility index (Phi) is 1.82. The lowest BCUT2D eigenvalue weighted by Gasteiger charge is -2.20. The number of thioether (sulfide) groups is 2. The number of amidine groups is 1. The average molecular weight is 174 g/mol. The van der Waals surface area contributed by atoms with Crippen molar-refractivity contribution in [2.45, 2.75) is 23.5 Å². The number of fused-ring (bicyclic) bond motifs is 1. The topological polar surface area (TPSA) is 38.4 Å². The molecule has 2 aliphatic heterocycles. The summed E-state index contributed by atoms with van der Waals surface area (Å²) in [6.45, 7) is 0. The second-order valence-corrected chi connectivity index (χ2v) is 5.24. The first kappa shape index (κ1) is 6.85. The Morgan fingerprint density at radius 3 is 3.30 bits per heavy atom. The highest BCUT2D eigenvalue weighted by atomic mass is 32.2. The van der Waals surface area contributed by atoms with Crippen LogP contribution < -0.4 is 5.73 Å². The monoisotopic (exact) mass is 174 g/mol. The molecule has 0 saturated carbocycles. The normalized spacial score (nSPS) is 39.0. The summed E-state index contributed by atoms with van der Waals surface area (Å²) in [6.07, 6.45) is 2.55. The van der Waals surface area contributed by atoms with Gasteiger partial charge in [-0.3, -0.25) is 4.99 Å². The smallest absolute Gasteiger partial charge is 0.155 e. The van der Waals surface area contributed by atoms with Gasteiger partial charge in [0.25, 0.3) is 0 Å². The first-order valence-electron chi connectivity index (χ1n) is 3.48. The van der Waals surface area contributed by atoms with E-state index in [1.165, 1.54) is 18.6 Å². The van der Waals surface area contributed by atoms with Crippen LogP contribution >= 0.6 is 23.5 Å². The van der Waals surface area contributed by atoms with Gasteiger partial charge in [0.15, 0.2) is 5.17 Å². The summed E-state index contributed by atoms with van der Waals surface area (Å²) in [5.74, 6) is 1.29. The van der Waals surface area contributed by atoms with Gasteiger partial charge in [0.05, 0.1) is 10.6 Å². The van der Waals surface area contributed by atoms with Crippen LogP contribution in [0.1, 0.15) is 12.8 Å². The predicted octanol–water partition coefficient (Wildman–Crippen LogP) is 1.27. The molecular weight excluding hydrogens is 164 g/mol. The van der Waals surface area contributed by atoms with Gasteiger partial charge in [0, 0.05) is 0 Å². The maximum atomic E-state index is 5.59. The van der Waals surface area contributed by atoms with Gasteiger partial charge < -0.3 is 5.73 Å². The standard InChI is InChI=1S/C6H10N2S2/c7-6-8-4-2-1-3-9-5(4)10-6/h4-5H,1-3H2,(H2,7,8). The predicted molar refractivity (Wildman–Crippen MR) is 48.5 cm³/mol. The lowest BCUT2D eigenvalue weighted by molar-refractivity contribution is 0.641. The van der Waals surface area contributed by atoms with Gasteiger partial charge in [-0.25, -0.2) is 0 Å². The molecule has 0 aromatic carbocycles. The zero-order valence-electron chi connectivity index (χ0n) is 5.62. The van der Waals surface area contributed by atoms with Gasteiger partial charge >= 0.3 is 0 Å². The maximum absolute atomic E-state index is 5.59. The van der Waals surface area contributed by atoms with Gasteiger partial charge in [-0.15, -0.1) is 11.8 Å². The van der Waals surface area contributed by atoms with Gasteiger partial charge in [-0.05, 0) is 18.6 Å². The molecule has 0 aromatic rings. The third kappa shape index (κ3) is 1.14. The SMILES string of the molecule is NC1=NC2CCCSC2S1. The Balaban J connectivity index is 2.06. The van der Waals surface area contributed by atoms with Crippen molar-refractivity contribution in [3.05, 3.63) is 0 Å². The number of hydrogen-bond acceptors (Lipinski definition) is 4. The van der Waals surface area contributed by atoms with Gasteiger partial charge in [0.2, 0.25) is 0 Å². The van der Waals surface area contributed by atoms with Crippen molar-refractivity contribution in [1.82, 2.24) is 0 Å². The second kappa shape index (κ2) is 2.66.